The van der Waals surface area contributed by atoms with E-state index in [1.54, 1.807) is 0 Å². The van der Waals surface area contributed by atoms with Gasteiger partial charge in [-0.05, 0) is 24.8 Å². The van der Waals surface area contributed by atoms with Gasteiger partial charge in [-0.25, -0.2) is 0 Å². The molecule has 1 rings (SSSR count). The van der Waals surface area contributed by atoms with Crippen molar-refractivity contribution in [1.29, 1.82) is 0 Å². The minimum absolute atomic E-state index is 0.0751. The lowest BCUT2D eigenvalue weighted by atomic mass is 9.84. The van der Waals surface area contributed by atoms with Crippen LogP contribution in [-0.2, 0) is 0 Å². The highest BCUT2D eigenvalue weighted by atomic mass is 16.3. The molecule has 1 aliphatic heterocycles. The second-order valence-electron chi connectivity index (χ2n) is 4.95. The average Bonchev–Trinajstić information content (AvgIpc) is 2.02. The van der Waals surface area contributed by atoms with Gasteiger partial charge in [0.25, 0.3) is 0 Å². The van der Waals surface area contributed by atoms with Crippen molar-refractivity contribution in [3.8, 4) is 0 Å². The van der Waals surface area contributed by atoms with Gasteiger partial charge in [-0.15, -0.1) is 0 Å². The molecule has 0 amide bonds. The maximum Gasteiger partial charge on any atom is 0.0595 e. The predicted octanol–water partition coefficient (Wildman–Crippen LogP) is 0.428. The Morgan fingerprint density at radius 3 is 2.77 bits per heavy atom. The number of hydrogen-bond acceptors (Lipinski definition) is 3. The summed E-state index contributed by atoms with van der Waals surface area (Å²) >= 11 is 0. The van der Waals surface area contributed by atoms with Crippen molar-refractivity contribution in [1.82, 2.24) is 4.90 Å². The predicted molar refractivity (Wildman–Crippen MR) is 54.5 cm³/mol. The summed E-state index contributed by atoms with van der Waals surface area (Å²) in [6.45, 7) is 7.77. The first-order valence-electron chi connectivity index (χ1n) is 5.12. The fourth-order valence-electron chi connectivity index (χ4n) is 2.09. The normalized spacial score (nSPS) is 25.8. The van der Waals surface area contributed by atoms with Crippen LogP contribution in [-0.4, -0.2) is 42.3 Å². The quantitative estimate of drug-likeness (QED) is 0.672. The number of hydrogen-bond donors (Lipinski definition) is 2. The zero-order valence-corrected chi connectivity index (χ0v) is 8.79. The zero-order chi connectivity index (χ0) is 9.90. The first-order chi connectivity index (χ1) is 6.03. The van der Waals surface area contributed by atoms with E-state index in [9.17, 15) is 0 Å². The third-order valence-corrected chi connectivity index (χ3v) is 2.71. The first-order valence-corrected chi connectivity index (χ1v) is 5.12. The summed E-state index contributed by atoms with van der Waals surface area (Å²) in [6, 6.07) is -0.0751. The van der Waals surface area contributed by atoms with Gasteiger partial charge in [-0.3, -0.25) is 0 Å². The minimum Gasteiger partial charge on any atom is -0.395 e. The fourth-order valence-corrected chi connectivity index (χ4v) is 2.09. The van der Waals surface area contributed by atoms with Crippen LogP contribution in [0.4, 0.5) is 0 Å². The fraction of sp³-hybridized carbons (Fsp3) is 1.00. The van der Waals surface area contributed by atoms with E-state index in [1.807, 2.05) is 0 Å². The summed E-state index contributed by atoms with van der Waals surface area (Å²) in [7, 11) is 0. The Bertz CT molecular complexity index is 159. The topological polar surface area (TPSA) is 49.5 Å². The Balaban J connectivity index is 2.34. The summed E-state index contributed by atoms with van der Waals surface area (Å²) in [5.41, 5.74) is 6.12. The van der Waals surface area contributed by atoms with Crippen LogP contribution in [0.15, 0.2) is 0 Å². The van der Waals surface area contributed by atoms with Crippen molar-refractivity contribution < 1.29 is 5.11 Å². The molecule has 0 aromatic rings. The number of nitrogens with two attached hydrogens (primary N) is 1. The van der Waals surface area contributed by atoms with Crippen LogP contribution in [0, 0.1) is 5.41 Å². The van der Waals surface area contributed by atoms with Gasteiger partial charge in [0.05, 0.1) is 6.61 Å². The largest absolute Gasteiger partial charge is 0.395 e. The van der Waals surface area contributed by atoms with Gasteiger partial charge in [-0.1, -0.05) is 13.8 Å². The summed E-state index contributed by atoms with van der Waals surface area (Å²) in [4.78, 5) is 2.37. The molecule has 1 aliphatic rings. The van der Waals surface area contributed by atoms with E-state index in [-0.39, 0.29) is 12.6 Å². The Labute approximate surface area is 80.9 Å². The molecule has 0 aliphatic carbocycles. The van der Waals surface area contributed by atoms with Gasteiger partial charge in [0, 0.05) is 19.1 Å². The van der Waals surface area contributed by atoms with Crippen molar-refractivity contribution in [2.75, 3.05) is 26.2 Å². The second-order valence-corrected chi connectivity index (χ2v) is 4.95. The first kappa shape index (κ1) is 11.0. The monoisotopic (exact) mass is 186 g/mol. The lowest BCUT2D eigenvalue weighted by Crippen LogP contribution is -2.46. The standard InChI is InChI=1S/C10H22N2O/c1-10(2)4-3-5-12(8-10)6-9(11)7-13/h9,13H,3-8,11H2,1-2H3. The third-order valence-electron chi connectivity index (χ3n) is 2.71. The highest BCUT2D eigenvalue weighted by Gasteiger charge is 2.26. The van der Waals surface area contributed by atoms with Crippen LogP contribution in [0.25, 0.3) is 0 Å². The number of aliphatic hydroxyl groups is 1. The average molecular weight is 186 g/mol. The number of nitrogens with zero attached hydrogens (tertiary/aromatic N) is 1. The number of aliphatic hydroxyl groups excluding tert-OH is 1. The van der Waals surface area contributed by atoms with Crippen LogP contribution in [0.1, 0.15) is 26.7 Å². The van der Waals surface area contributed by atoms with E-state index in [0.717, 1.165) is 19.6 Å². The van der Waals surface area contributed by atoms with Gasteiger partial charge >= 0.3 is 0 Å². The molecule has 0 saturated carbocycles. The minimum atomic E-state index is -0.0751. The zero-order valence-electron chi connectivity index (χ0n) is 8.79. The van der Waals surface area contributed by atoms with Gasteiger partial charge in [-0.2, -0.15) is 0 Å². The molecular weight excluding hydrogens is 164 g/mol. The van der Waals surface area contributed by atoms with Crippen LogP contribution < -0.4 is 5.73 Å². The Morgan fingerprint density at radius 1 is 1.54 bits per heavy atom. The Morgan fingerprint density at radius 2 is 2.23 bits per heavy atom. The van der Waals surface area contributed by atoms with Gasteiger partial charge < -0.3 is 15.7 Å². The summed E-state index contributed by atoms with van der Waals surface area (Å²) in [5.74, 6) is 0. The second kappa shape index (κ2) is 4.40. The van der Waals surface area contributed by atoms with Crippen molar-refractivity contribution in [2.24, 2.45) is 11.1 Å². The highest BCUT2D eigenvalue weighted by molar-refractivity contribution is 4.81. The number of likely N-dealkylation sites (tertiary alicyclic amines) is 1. The molecule has 13 heavy (non-hydrogen) atoms. The smallest absolute Gasteiger partial charge is 0.0595 e. The lowest BCUT2D eigenvalue weighted by Gasteiger charge is -2.38. The van der Waals surface area contributed by atoms with Crippen LogP contribution in [0.3, 0.4) is 0 Å². The van der Waals surface area contributed by atoms with Crippen molar-refractivity contribution >= 4 is 0 Å². The molecule has 0 aromatic heterocycles. The van der Waals surface area contributed by atoms with E-state index in [1.165, 1.54) is 12.8 Å². The molecule has 1 saturated heterocycles. The summed E-state index contributed by atoms with van der Waals surface area (Å²) in [6.07, 6.45) is 2.56. The van der Waals surface area contributed by atoms with Gasteiger partial charge in [0.15, 0.2) is 0 Å². The molecule has 0 bridgehead atoms. The molecule has 0 radical (unpaired) electrons. The molecule has 3 N–H and O–H groups in total. The molecule has 1 unspecified atom stereocenters. The van der Waals surface area contributed by atoms with Crippen molar-refractivity contribution in [2.45, 2.75) is 32.7 Å². The van der Waals surface area contributed by atoms with Crippen LogP contribution in [0.2, 0.25) is 0 Å². The van der Waals surface area contributed by atoms with Crippen LogP contribution in [0.5, 0.6) is 0 Å². The van der Waals surface area contributed by atoms with E-state index < -0.39 is 0 Å². The van der Waals surface area contributed by atoms with Crippen molar-refractivity contribution in [3.05, 3.63) is 0 Å². The Hall–Kier alpha value is -0.120. The molecule has 1 fully saturated rings. The van der Waals surface area contributed by atoms with E-state index in [4.69, 9.17) is 10.8 Å². The van der Waals surface area contributed by atoms with Crippen molar-refractivity contribution in [3.63, 3.8) is 0 Å². The number of rotatable bonds is 3. The molecule has 0 spiro atoms. The van der Waals surface area contributed by atoms with E-state index in [2.05, 4.69) is 18.7 Å². The maximum atomic E-state index is 8.84. The third kappa shape index (κ3) is 3.63. The van der Waals surface area contributed by atoms with E-state index >= 15 is 0 Å². The van der Waals surface area contributed by atoms with E-state index in [0.29, 0.717) is 5.41 Å². The SMILES string of the molecule is CC1(C)CCCN(CC(N)CO)C1. The summed E-state index contributed by atoms with van der Waals surface area (Å²) < 4.78 is 0. The molecule has 3 nitrogen and oxygen atoms in total. The maximum absolute atomic E-state index is 8.84. The Kier molecular flexibility index (Phi) is 3.71. The molecule has 0 aromatic carbocycles. The molecular formula is C10H22N2O. The molecule has 3 heteroatoms. The highest BCUT2D eigenvalue weighted by Crippen LogP contribution is 2.28. The van der Waals surface area contributed by atoms with Gasteiger partial charge in [0.1, 0.15) is 0 Å². The number of piperidine rings is 1. The molecule has 1 atom stereocenters. The van der Waals surface area contributed by atoms with Crippen LogP contribution >= 0.6 is 0 Å². The molecule has 1 heterocycles. The lowest BCUT2D eigenvalue weighted by molar-refractivity contribution is 0.102. The molecule has 78 valence electrons. The summed E-state index contributed by atoms with van der Waals surface area (Å²) in [5, 5.41) is 8.84. The van der Waals surface area contributed by atoms with Gasteiger partial charge in [0.2, 0.25) is 0 Å².